The number of para-hydroxylation sites is 1. The zero-order valence-electron chi connectivity index (χ0n) is 12.7. The Morgan fingerprint density at radius 1 is 1.10 bits per heavy atom. The zero-order chi connectivity index (χ0) is 14.8. The number of nitrogens with zero attached hydrogens (tertiary/aromatic N) is 3. The number of benzene rings is 1. The van der Waals surface area contributed by atoms with Crippen molar-refractivity contribution >= 4 is 0 Å². The molecule has 0 fully saturated rings. The lowest BCUT2D eigenvalue weighted by molar-refractivity contribution is 0.254. The topological polar surface area (TPSA) is 50.9 Å². The minimum absolute atomic E-state index is 0.105. The van der Waals surface area contributed by atoms with Crippen molar-refractivity contribution < 1.29 is 5.11 Å². The smallest absolute Gasteiger partial charge is 0.163 e. The monoisotopic (exact) mass is 273 g/mol. The van der Waals surface area contributed by atoms with Gasteiger partial charge in [-0.3, -0.25) is 4.57 Å². The molecule has 1 unspecified atom stereocenters. The summed E-state index contributed by atoms with van der Waals surface area (Å²) in [6.07, 6.45) is 0.839. The molecule has 0 saturated carbocycles. The second kappa shape index (κ2) is 5.75. The molecule has 2 aromatic rings. The molecule has 0 aliphatic carbocycles. The van der Waals surface area contributed by atoms with Crippen LogP contribution in [0.4, 0.5) is 0 Å². The molecule has 0 spiro atoms. The molecular formula is C16H23N3O. The lowest BCUT2D eigenvalue weighted by atomic mass is 9.80. The quantitative estimate of drug-likeness (QED) is 0.931. The highest BCUT2D eigenvalue weighted by atomic mass is 16.3. The molecule has 1 atom stereocenters. The molecule has 2 rings (SSSR count). The maximum absolute atomic E-state index is 9.46. The van der Waals surface area contributed by atoms with E-state index in [0.717, 1.165) is 17.9 Å². The van der Waals surface area contributed by atoms with Gasteiger partial charge in [-0.05, 0) is 23.5 Å². The first-order valence-electron chi connectivity index (χ1n) is 7.03. The average molecular weight is 273 g/mol. The van der Waals surface area contributed by atoms with E-state index in [0.29, 0.717) is 11.7 Å². The molecule has 4 heteroatoms. The van der Waals surface area contributed by atoms with Crippen LogP contribution < -0.4 is 0 Å². The Kier molecular flexibility index (Phi) is 4.23. The molecule has 1 N–H and O–H groups in total. The Hall–Kier alpha value is -1.68. The van der Waals surface area contributed by atoms with Crippen LogP contribution in [0.25, 0.3) is 5.69 Å². The van der Waals surface area contributed by atoms with E-state index < -0.39 is 0 Å². The van der Waals surface area contributed by atoms with Gasteiger partial charge in [-0.1, -0.05) is 45.9 Å². The predicted molar refractivity (Wildman–Crippen MR) is 79.6 cm³/mol. The Bertz CT molecular complexity index is 555. The highest BCUT2D eigenvalue weighted by molar-refractivity contribution is 5.34. The van der Waals surface area contributed by atoms with Crippen LogP contribution in [0.5, 0.6) is 0 Å². The van der Waals surface area contributed by atoms with Gasteiger partial charge in [0.1, 0.15) is 12.4 Å². The molecule has 4 nitrogen and oxygen atoms in total. The van der Waals surface area contributed by atoms with Crippen molar-refractivity contribution in [3.8, 4) is 5.69 Å². The third kappa shape index (κ3) is 3.07. The lowest BCUT2D eigenvalue weighted by Gasteiger charge is -2.27. The van der Waals surface area contributed by atoms with Crippen LogP contribution >= 0.6 is 0 Å². The minimum atomic E-state index is -0.105. The Morgan fingerprint density at radius 2 is 1.70 bits per heavy atom. The fraction of sp³-hybridized carbons (Fsp3) is 0.500. The molecule has 0 amide bonds. The first-order valence-corrected chi connectivity index (χ1v) is 7.03. The SMILES string of the molecule is CC(Cc1nnc(CO)n1-c1ccccc1)C(C)(C)C. The fourth-order valence-electron chi connectivity index (χ4n) is 2.04. The van der Waals surface area contributed by atoms with E-state index >= 15 is 0 Å². The van der Waals surface area contributed by atoms with Crippen molar-refractivity contribution in [3.05, 3.63) is 42.0 Å². The van der Waals surface area contributed by atoms with Gasteiger partial charge in [0.2, 0.25) is 0 Å². The molecule has 0 aliphatic rings. The summed E-state index contributed by atoms with van der Waals surface area (Å²) in [6, 6.07) is 9.95. The number of aliphatic hydroxyl groups excluding tert-OH is 1. The third-order valence-electron chi connectivity index (χ3n) is 3.92. The van der Waals surface area contributed by atoms with Crippen molar-refractivity contribution in [2.75, 3.05) is 0 Å². The molecule has 1 aromatic heterocycles. The maximum atomic E-state index is 9.46. The first kappa shape index (κ1) is 14.7. The van der Waals surface area contributed by atoms with Crippen LogP contribution in [-0.2, 0) is 13.0 Å². The van der Waals surface area contributed by atoms with Gasteiger partial charge in [0.15, 0.2) is 5.82 Å². The Balaban J connectivity index is 2.38. The molecule has 0 saturated heterocycles. The van der Waals surface area contributed by atoms with Gasteiger partial charge < -0.3 is 5.11 Å². The van der Waals surface area contributed by atoms with Gasteiger partial charge in [-0.15, -0.1) is 10.2 Å². The molecule has 1 aromatic carbocycles. The molecule has 0 aliphatic heterocycles. The number of aliphatic hydroxyl groups is 1. The normalized spacial score (nSPS) is 13.4. The van der Waals surface area contributed by atoms with Crippen molar-refractivity contribution in [2.24, 2.45) is 11.3 Å². The summed E-state index contributed by atoms with van der Waals surface area (Å²) < 4.78 is 1.96. The number of hydrogen-bond donors (Lipinski definition) is 1. The number of rotatable bonds is 4. The highest BCUT2D eigenvalue weighted by Gasteiger charge is 2.23. The van der Waals surface area contributed by atoms with Crippen LogP contribution in [0, 0.1) is 11.3 Å². The number of hydrogen-bond acceptors (Lipinski definition) is 3. The van der Waals surface area contributed by atoms with Crippen molar-refractivity contribution in [1.82, 2.24) is 14.8 Å². The van der Waals surface area contributed by atoms with Gasteiger partial charge in [0.25, 0.3) is 0 Å². The standard InChI is InChI=1S/C16H23N3O/c1-12(16(2,3)4)10-14-17-18-15(11-20)19(14)13-8-6-5-7-9-13/h5-9,12,20H,10-11H2,1-4H3. The van der Waals surface area contributed by atoms with Gasteiger partial charge in [0.05, 0.1) is 0 Å². The van der Waals surface area contributed by atoms with Gasteiger partial charge in [-0.2, -0.15) is 0 Å². The van der Waals surface area contributed by atoms with Gasteiger partial charge in [0, 0.05) is 12.1 Å². The average Bonchev–Trinajstić information content (AvgIpc) is 2.81. The third-order valence-corrected chi connectivity index (χ3v) is 3.92. The van der Waals surface area contributed by atoms with E-state index in [9.17, 15) is 5.11 Å². The second-order valence-corrected chi connectivity index (χ2v) is 6.33. The van der Waals surface area contributed by atoms with E-state index in [1.807, 2.05) is 34.9 Å². The molecule has 0 radical (unpaired) electrons. The largest absolute Gasteiger partial charge is 0.388 e. The van der Waals surface area contributed by atoms with E-state index in [4.69, 9.17) is 0 Å². The molecule has 108 valence electrons. The van der Waals surface area contributed by atoms with E-state index in [1.165, 1.54) is 0 Å². The fourth-order valence-corrected chi connectivity index (χ4v) is 2.04. The van der Waals surface area contributed by atoms with E-state index in [-0.39, 0.29) is 12.0 Å². The molecule has 0 bridgehead atoms. The lowest BCUT2D eigenvalue weighted by Crippen LogP contribution is -2.21. The summed E-state index contributed by atoms with van der Waals surface area (Å²) in [5, 5.41) is 17.8. The van der Waals surface area contributed by atoms with Crippen molar-refractivity contribution in [3.63, 3.8) is 0 Å². The Labute approximate surface area is 120 Å². The Morgan fingerprint density at radius 3 is 2.25 bits per heavy atom. The van der Waals surface area contributed by atoms with Crippen LogP contribution in [0.15, 0.2) is 30.3 Å². The van der Waals surface area contributed by atoms with E-state index in [2.05, 4.69) is 37.9 Å². The van der Waals surface area contributed by atoms with Gasteiger partial charge >= 0.3 is 0 Å². The summed E-state index contributed by atoms with van der Waals surface area (Å²) in [7, 11) is 0. The van der Waals surface area contributed by atoms with Crippen LogP contribution in [-0.4, -0.2) is 19.9 Å². The second-order valence-electron chi connectivity index (χ2n) is 6.33. The van der Waals surface area contributed by atoms with Crippen LogP contribution in [0.1, 0.15) is 39.3 Å². The van der Waals surface area contributed by atoms with Crippen LogP contribution in [0.3, 0.4) is 0 Å². The number of aromatic nitrogens is 3. The summed E-state index contributed by atoms with van der Waals surface area (Å²) in [5.74, 6) is 1.97. The summed E-state index contributed by atoms with van der Waals surface area (Å²) in [5.41, 5.74) is 1.21. The molecule has 1 heterocycles. The maximum Gasteiger partial charge on any atom is 0.163 e. The molecular weight excluding hydrogens is 250 g/mol. The predicted octanol–water partition coefficient (Wildman–Crippen LogP) is 2.98. The summed E-state index contributed by atoms with van der Waals surface area (Å²) in [6.45, 7) is 8.81. The summed E-state index contributed by atoms with van der Waals surface area (Å²) in [4.78, 5) is 0. The minimum Gasteiger partial charge on any atom is -0.388 e. The highest BCUT2D eigenvalue weighted by Crippen LogP contribution is 2.28. The van der Waals surface area contributed by atoms with Crippen molar-refractivity contribution in [2.45, 2.75) is 40.7 Å². The first-order chi connectivity index (χ1) is 9.43. The van der Waals surface area contributed by atoms with E-state index in [1.54, 1.807) is 0 Å². The molecule has 20 heavy (non-hydrogen) atoms. The summed E-state index contributed by atoms with van der Waals surface area (Å²) >= 11 is 0. The zero-order valence-corrected chi connectivity index (χ0v) is 12.7. The van der Waals surface area contributed by atoms with Crippen LogP contribution in [0.2, 0.25) is 0 Å². The van der Waals surface area contributed by atoms with Crippen molar-refractivity contribution in [1.29, 1.82) is 0 Å². The van der Waals surface area contributed by atoms with Gasteiger partial charge in [-0.25, -0.2) is 0 Å².